The first-order valence-electron chi connectivity index (χ1n) is 9.87. The Morgan fingerprint density at radius 3 is 2.47 bits per heavy atom. The molecule has 0 bridgehead atoms. The van der Waals surface area contributed by atoms with Gasteiger partial charge in [-0.25, -0.2) is 9.37 Å². The highest BCUT2D eigenvalue weighted by Crippen LogP contribution is 2.35. The van der Waals surface area contributed by atoms with Gasteiger partial charge in [0.25, 0.3) is 5.22 Å². The molecular formula is C23H21FN4O2S2. The Hall–Kier alpha value is -3.04. The molecule has 6 nitrogen and oxygen atoms in total. The topological polar surface area (TPSA) is 72.1 Å². The fraction of sp³-hybridized carbons (Fsp3) is 0.217. The van der Waals surface area contributed by atoms with Crippen LogP contribution in [0.1, 0.15) is 29.3 Å². The zero-order chi connectivity index (χ0) is 22.8. The van der Waals surface area contributed by atoms with Gasteiger partial charge in [-0.2, -0.15) is 0 Å². The van der Waals surface area contributed by atoms with Gasteiger partial charge in [-0.05, 0) is 56.2 Å². The van der Waals surface area contributed by atoms with E-state index in [1.165, 1.54) is 35.2 Å². The molecule has 4 aromatic rings. The third-order valence-electron chi connectivity index (χ3n) is 4.75. The van der Waals surface area contributed by atoms with Crippen LogP contribution in [0.3, 0.4) is 0 Å². The summed E-state index contributed by atoms with van der Waals surface area (Å²) < 4.78 is 18.8. The summed E-state index contributed by atoms with van der Waals surface area (Å²) in [6, 6.07) is 10.0. The maximum atomic E-state index is 13.1. The largest absolute Gasteiger partial charge is 0.411 e. The number of hydrogen-bond donors (Lipinski definition) is 0. The van der Waals surface area contributed by atoms with Crippen molar-refractivity contribution in [2.24, 2.45) is 0 Å². The zero-order valence-electron chi connectivity index (χ0n) is 18.0. The summed E-state index contributed by atoms with van der Waals surface area (Å²) in [7, 11) is 0. The second kappa shape index (κ2) is 9.22. The predicted octanol–water partition coefficient (Wildman–Crippen LogP) is 6.23. The molecule has 2 aromatic heterocycles. The van der Waals surface area contributed by atoms with Gasteiger partial charge in [0.2, 0.25) is 11.8 Å². The monoisotopic (exact) mass is 468 g/mol. The summed E-state index contributed by atoms with van der Waals surface area (Å²) in [6.45, 7) is 7.59. The van der Waals surface area contributed by atoms with Gasteiger partial charge in [0.1, 0.15) is 5.82 Å². The molecule has 0 radical (unpaired) electrons. The highest BCUT2D eigenvalue weighted by atomic mass is 32.2. The van der Waals surface area contributed by atoms with Gasteiger partial charge in [-0.15, -0.1) is 21.5 Å². The standard InChI is InChI=1S/C23H21FN4O2S2/c1-13-9-14(2)20(15(3)10-13)28(16(4)29)22-25-19(11-31-22)12-32-23-27-26-21(30-23)17-5-7-18(24)8-6-17/h5-11H,12H2,1-4H3. The van der Waals surface area contributed by atoms with Gasteiger partial charge >= 0.3 is 0 Å². The molecule has 0 atom stereocenters. The Morgan fingerprint density at radius 1 is 1.12 bits per heavy atom. The van der Waals surface area contributed by atoms with Gasteiger partial charge < -0.3 is 4.42 Å². The summed E-state index contributed by atoms with van der Waals surface area (Å²) in [5.74, 6) is 0.436. The summed E-state index contributed by atoms with van der Waals surface area (Å²) in [6.07, 6.45) is 0. The van der Waals surface area contributed by atoms with Crippen molar-refractivity contribution in [3.05, 3.63) is 70.0 Å². The normalized spacial score (nSPS) is 11.0. The van der Waals surface area contributed by atoms with Gasteiger partial charge in [-0.1, -0.05) is 29.5 Å². The number of hydrogen-bond acceptors (Lipinski definition) is 7. The van der Waals surface area contributed by atoms with Crippen molar-refractivity contribution in [1.82, 2.24) is 15.2 Å². The van der Waals surface area contributed by atoms with E-state index in [0.717, 1.165) is 28.1 Å². The molecule has 0 aliphatic rings. The van der Waals surface area contributed by atoms with Crippen LogP contribution in [-0.2, 0) is 10.5 Å². The van der Waals surface area contributed by atoms with Crippen LogP contribution in [0.4, 0.5) is 15.2 Å². The van der Waals surface area contributed by atoms with Gasteiger partial charge in [0.15, 0.2) is 5.13 Å². The predicted molar refractivity (Wildman–Crippen MR) is 125 cm³/mol. The molecule has 4 rings (SSSR count). The third kappa shape index (κ3) is 4.73. The summed E-state index contributed by atoms with van der Waals surface area (Å²) >= 11 is 2.78. The van der Waals surface area contributed by atoms with Crippen molar-refractivity contribution in [2.75, 3.05) is 4.90 Å². The summed E-state index contributed by atoms with van der Waals surface area (Å²) in [5.41, 5.74) is 5.55. The molecule has 2 heterocycles. The average molecular weight is 469 g/mol. The lowest BCUT2D eigenvalue weighted by Gasteiger charge is -2.23. The molecule has 0 aliphatic heterocycles. The first-order chi connectivity index (χ1) is 15.3. The Bertz CT molecular complexity index is 1240. The minimum atomic E-state index is -0.321. The van der Waals surface area contributed by atoms with Crippen molar-refractivity contribution in [3.63, 3.8) is 0 Å². The molecule has 0 saturated heterocycles. The van der Waals surface area contributed by atoms with E-state index < -0.39 is 0 Å². The number of carbonyl (C=O) groups is 1. The van der Waals surface area contributed by atoms with E-state index in [0.29, 0.717) is 27.6 Å². The number of anilines is 2. The van der Waals surface area contributed by atoms with E-state index in [1.54, 1.807) is 24.0 Å². The molecule has 0 spiro atoms. The highest BCUT2D eigenvalue weighted by Gasteiger charge is 2.22. The lowest BCUT2D eigenvalue weighted by Crippen LogP contribution is -2.24. The quantitative estimate of drug-likeness (QED) is 0.312. The summed E-state index contributed by atoms with van der Waals surface area (Å²) in [5, 5.41) is 11.0. The minimum Gasteiger partial charge on any atom is -0.411 e. The maximum absolute atomic E-state index is 13.1. The molecule has 9 heteroatoms. The number of benzene rings is 2. The van der Waals surface area contributed by atoms with E-state index in [4.69, 9.17) is 4.42 Å². The van der Waals surface area contributed by atoms with Crippen LogP contribution in [0.2, 0.25) is 0 Å². The third-order valence-corrected chi connectivity index (χ3v) is 6.47. The van der Waals surface area contributed by atoms with Gasteiger partial charge in [-0.3, -0.25) is 9.69 Å². The smallest absolute Gasteiger partial charge is 0.277 e. The van der Waals surface area contributed by atoms with Crippen LogP contribution < -0.4 is 4.90 Å². The molecule has 0 aliphatic carbocycles. The SMILES string of the molecule is CC(=O)N(c1nc(CSc2nnc(-c3ccc(F)cc3)o2)cs1)c1c(C)cc(C)cc1C. The number of carbonyl (C=O) groups excluding carboxylic acids is 1. The fourth-order valence-corrected chi connectivity index (χ4v) is 5.12. The van der Waals surface area contributed by atoms with E-state index in [-0.39, 0.29) is 11.7 Å². The fourth-order valence-electron chi connectivity index (χ4n) is 3.49. The van der Waals surface area contributed by atoms with E-state index in [1.807, 2.05) is 26.2 Å². The van der Waals surface area contributed by atoms with Crippen LogP contribution >= 0.6 is 23.1 Å². The number of aromatic nitrogens is 3. The molecular weight excluding hydrogens is 447 g/mol. The first-order valence-corrected chi connectivity index (χ1v) is 11.7. The number of aryl methyl sites for hydroxylation is 3. The number of amides is 1. The zero-order valence-corrected chi connectivity index (χ0v) is 19.7. The molecule has 0 fully saturated rings. The molecule has 1 amide bonds. The van der Waals surface area contributed by atoms with Crippen molar-refractivity contribution < 1.29 is 13.6 Å². The van der Waals surface area contributed by atoms with Crippen LogP contribution in [0.25, 0.3) is 11.5 Å². The molecule has 0 saturated carbocycles. The Labute approximate surface area is 193 Å². The first kappa shape index (κ1) is 22.2. The van der Waals surface area contributed by atoms with Crippen molar-refractivity contribution in [1.29, 1.82) is 0 Å². The van der Waals surface area contributed by atoms with Crippen molar-refractivity contribution >= 4 is 39.8 Å². The molecule has 32 heavy (non-hydrogen) atoms. The number of nitrogens with zero attached hydrogens (tertiary/aromatic N) is 4. The van der Waals surface area contributed by atoms with Crippen LogP contribution in [-0.4, -0.2) is 21.1 Å². The van der Waals surface area contributed by atoms with Crippen molar-refractivity contribution in [3.8, 4) is 11.5 Å². The Balaban J connectivity index is 1.50. The highest BCUT2D eigenvalue weighted by molar-refractivity contribution is 7.98. The van der Waals surface area contributed by atoms with Gasteiger partial charge in [0.05, 0.1) is 11.4 Å². The molecule has 2 aromatic carbocycles. The maximum Gasteiger partial charge on any atom is 0.277 e. The number of thioether (sulfide) groups is 1. The van der Waals surface area contributed by atoms with Crippen LogP contribution in [0.15, 0.2) is 51.4 Å². The minimum absolute atomic E-state index is 0.0885. The van der Waals surface area contributed by atoms with Crippen LogP contribution in [0, 0.1) is 26.6 Å². The van der Waals surface area contributed by atoms with E-state index in [9.17, 15) is 9.18 Å². The molecule has 0 unspecified atom stereocenters. The van der Waals surface area contributed by atoms with E-state index in [2.05, 4.69) is 27.3 Å². The number of halogens is 1. The second-order valence-corrected chi connectivity index (χ2v) is 9.16. The average Bonchev–Trinajstić information content (AvgIpc) is 3.39. The lowest BCUT2D eigenvalue weighted by molar-refractivity contribution is -0.115. The number of thiazole rings is 1. The number of rotatable bonds is 6. The molecule has 0 N–H and O–H groups in total. The second-order valence-electron chi connectivity index (χ2n) is 7.39. The lowest BCUT2D eigenvalue weighted by atomic mass is 10.0. The summed E-state index contributed by atoms with van der Waals surface area (Å²) in [4.78, 5) is 18.9. The van der Waals surface area contributed by atoms with E-state index >= 15 is 0 Å². The Kier molecular flexibility index (Phi) is 6.38. The van der Waals surface area contributed by atoms with Crippen LogP contribution in [0.5, 0.6) is 0 Å². The van der Waals surface area contributed by atoms with Crippen molar-refractivity contribution in [2.45, 2.75) is 38.7 Å². The Morgan fingerprint density at radius 2 is 1.81 bits per heavy atom. The molecule has 164 valence electrons. The van der Waals surface area contributed by atoms with Gasteiger partial charge in [0, 0.05) is 23.6 Å².